The summed E-state index contributed by atoms with van der Waals surface area (Å²) in [6.45, 7) is 4.18. The van der Waals surface area contributed by atoms with Crippen LogP contribution in [0.2, 0.25) is 0 Å². The molecule has 2 N–H and O–H groups in total. The maximum absolute atomic E-state index is 5.29. The fourth-order valence-electron chi connectivity index (χ4n) is 0.965. The molecule has 10 heavy (non-hydrogen) atoms. The van der Waals surface area contributed by atoms with Crippen LogP contribution in [0.25, 0.3) is 0 Å². The molecule has 1 aliphatic heterocycles. The topological polar surface area (TPSA) is 36.6 Å². The normalized spacial score (nSPS) is 30.6. The molecule has 2 unspecified atom stereocenters. The minimum atomic E-state index is 0.326. The van der Waals surface area contributed by atoms with E-state index in [0.717, 1.165) is 13.1 Å². The van der Waals surface area contributed by atoms with Gasteiger partial charge < -0.3 is 10.1 Å². The standard InChI is InChI=1S/C7H16N2O/c1-3-4-9-7-6(10-7)5-8-2/h6-9H,3-5H2,1-2H3. The first-order valence-corrected chi connectivity index (χ1v) is 3.92. The Balaban J connectivity index is 1.92. The minimum absolute atomic E-state index is 0.326. The molecular formula is C7H16N2O. The molecule has 1 fully saturated rings. The maximum Gasteiger partial charge on any atom is 0.136 e. The summed E-state index contributed by atoms with van der Waals surface area (Å²) in [5.41, 5.74) is 0. The molecule has 1 aliphatic rings. The molecule has 0 aromatic heterocycles. The van der Waals surface area contributed by atoms with E-state index in [-0.39, 0.29) is 0 Å². The van der Waals surface area contributed by atoms with Crippen molar-refractivity contribution in [1.82, 2.24) is 10.6 Å². The van der Waals surface area contributed by atoms with Gasteiger partial charge in [-0.2, -0.15) is 0 Å². The largest absolute Gasteiger partial charge is 0.352 e. The summed E-state index contributed by atoms with van der Waals surface area (Å²) < 4.78 is 5.29. The molecule has 3 nitrogen and oxygen atoms in total. The van der Waals surface area contributed by atoms with Crippen molar-refractivity contribution in [3.8, 4) is 0 Å². The molecule has 0 saturated carbocycles. The Labute approximate surface area is 62.1 Å². The first-order valence-electron chi connectivity index (χ1n) is 3.92. The second-order valence-corrected chi connectivity index (χ2v) is 2.61. The van der Waals surface area contributed by atoms with Crippen LogP contribution in [0.5, 0.6) is 0 Å². The van der Waals surface area contributed by atoms with Gasteiger partial charge in [0.25, 0.3) is 0 Å². The third-order valence-corrected chi connectivity index (χ3v) is 1.58. The average Bonchev–Trinajstić information content (AvgIpc) is 2.65. The highest BCUT2D eigenvalue weighted by atomic mass is 16.6. The number of hydrogen-bond acceptors (Lipinski definition) is 3. The van der Waals surface area contributed by atoms with Crippen molar-refractivity contribution in [2.24, 2.45) is 0 Å². The first-order chi connectivity index (χ1) is 4.88. The van der Waals surface area contributed by atoms with E-state index in [1.54, 1.807) is 0 Å². The lowest BCUT2D eigenvalue weighted by Gasteiger charge is -1.95. The summed E-state index contributed by atoms with van der Waals surface area (Å²) in [4.78, 5) is 0. The lowest BCUT2D eigenvalue weighted by molar-refractivity contribution is 0.343. The first kappa shape index (κ1) is 7.98. The molecule has 3 heteroatoms. The fraction of sp³-hybridized carbons (Fsp3) is 1.00. The van der Waals surface area contributed by atoms with Gasteiger partial charge in [-0.3, -0.25) is 5.32 Å². The van der Waals surface area contributed by atoms with Crippen molar-refractivity contribution in [1.29, 1.82) is 0 Å². The van der Waals surface area contributed by atoms with Gasteiger partial charge in [-0.15, -0.1) is 0 Å². The van der Waals surface area contributed by atoms with Crippen LogP contribution in [0.3, 0.4) is 0 Å². The van der Waals surface area contributed by atoms with Crippen molar-refractivity contribution in [3.05, 3.63) is 0 Å². The van der Waals surface area contributed by atoms with Gasteiger partial charge >= 0.3 is 0 Å². The van der Waals surface area contributed by atoms with Gasteiger partial charge in [-0.1, -0.05) is 6.92 Å². The summed E-state index contributed by atoms with van der Waals surface area (Å²) in [7, 11) is 1.94. The van der Waals surface area contributed by atoms with Gasteiger partial charge in [0.1, 0.15) is 12.3 Å². The summed E-state index contributed by atoms with van der Waals surface area (Å²) in [5.74, 6) is 0. The Morgan fingerprint density at radius 3 is 2.90 bits per heavy atom. The van der Waals surface area contributed by atoms with Crippen molar-refractivity contribution >= 4 is 0 Å². The van der Waals surface area contributed by atoms with Gasteiger partial charge in [0, 0.05) is 6.54 Å². The maximum atomic E-state index is 5.29. The Kier molecular flexibility index (Phi) is 3.12. The highest BCUT2D eigenvalue weighted by molar-refractivity contribution is 4.83. The van der Waals surface area contributed by atoms with Crippen LogP contribution in [0.15, 0.2) is 0 Å². The van der Waals surface area contributed by atoms with Crippen LogP contribution in [-0.4, -0.2) is 32.5 Å². The fourth-order valence-corrected chi connectivity index (χ4v) is 0.965. The van der Waals surface area contributed by atoms with Crippen molar-refractivity contribution < 1.29 is 4.74 Å². The van der Waals surface area contributed by atoms with E-state index in [0.29, 0.717) is 12.3 Å². The Morgan fingerprint density at radius 2 is 2.30 bits per heavy atom. The predicted octanol–water partition coefficient (Wildman–Crippen LogP) is -0.0697. The van der Waals surface area contributed by atoms with Gasteiger partial charge in [0.15, 0.2) is 0 Å². The number of hydrogen-bond donors (Lipinski definition) is 2. The highest BCUT2D eigenvalue weighted by Gasteiger charge is 2.36. The van der Waals surface area contributed by atoms with Crippen molar-refractivity contribution in [2.75, 3.05) is 20.1 Å². The Morgan fingerprint density at radius 1 is 1.50 bits per heavy atom. The zero-order valence-corrected chi connectivity index (χ0v) is 6.68. The van der Waals surface area contributed by atoms with Crippen LogP contribution in [0.1, 0.15) is 13.3 Å². The van der Waals surface area contributed by atoms with Crippen LogP contribution >= 0.6 is 0 Å². The number of likely N-dealkylation sites (N-methyl/N-ethyl adjacent to an activating group) is 1. The molecule has 0 amide bonds. The molecule has 2 atom stereocenters. The second kappa shape index (κ2) is 3.91. The number of nitrogens with one attached hydrogen (secondary N) is 2. The van der Waals surface area contributed by atoms with Gasteiger partial charge in [-0.25, -0.2) is 0 Å². The monoisotopic (exact) mass is 144 g/mol. The Hall–Kier alpha value is -0.120. The predicted molar refractivity (Wildman–Crippen MR) is 40.9 cm³/mol. The summed E-state index contributed by atoms with van der Waals surface area (Å²) in [6.07, 6.45) is 1.91. The average molecular weight is 144 g/mol. The Bertz CT molecular complexity index is 97.6. The zero-order valence-electron chi connectivity index (χ0n) is 6.68. The van der Waals surface area contributed by atoms with E-state index in [1.165, 1.54) is 6.42 Å². The molecule has 0 aliphatic carbocycles. The molecular weight excluding hydrogens is 128 g/mol. The lowest BCUT2D eigenvalue weighted by Crippen LogP contribution is -2.24. The molecule has 0 spiro atoms. The van der Waals surface area contributed by atoms with E-state index in [9.17, 15) is 0 Å². The van der Waals surface area contributed by atoms with Gasteiger partial charge in [-0.05, 0) is 20.0 Å². The molecule has 1 saturated heterocycles. The molecule has 0 aromatic rings. The minimum Gasteiger partial charge on any atom is -0.352 e. The molecule has 0 bridgehead atoms. The summed E-state index contributed by atoms with van der Waals surface area (Å²) in [5, 5.41) is 6.35. The van der Waals surface area contributed by atoms with Crippen LogP contribution in [0.4, 0.5) is 0 Å². The second-order valence-electron chi connectivity index (χ2n) is 2.61. The summed E-state index contributed by atoms with van der Waals surface area (Å²) >= 11 is 0. The summed E-state index contributed by atoms with van der Waals surface area (Å²) in [6, 6.07) is 0. The quantitative estimate of drug-likeness (QED) is 0.530. The van der Waals surface area contributed by atoms with E-state index in [2.05, 4.69) is 17.6 Å². The van der Waals surface area contributed by atoms with Gasteiger partial charge in [0.2, 0.25) is 0 Å². The third kappa shape index (κ3) is 2.25. The zero-order chi connectivity index (χ0) is 7.40. The molecule has 60 valence electrons. The van der Waals surface area contributed by atoms with Gasteiger partial charge in [0.05, 0.1) is 0 Å². The number of rotatable bonds is 5. The van der Waals surface area contributed by atoms with E-state index in [1.807, 2.05) is 7.05 Å². The van der Waals surface area contributed by atoms with Crippen LogP contribution in [-0.2, 0) is 4.74 Å². The highest BCUT2D eigenvalue weighted by Crippen LogP contribution is 2.17. The van der Waals surface area contributed by atoms with Crippen LogP contribution in [0, 0.1) is 0 Å². The molecule has 0 aromatic carbocycles. The van der Waals surface area contributed by atoms with E-state index < -0.39 is 0 Å². The smallest absolute Gasteiger partial charge is 0.136 e. The SMILES string of the molecule is CCCNC1OC1CNC. The molecule has 1 heterocycles. The third-order valence-electron chi connectivity index (χ3n) is 1.58. The molecule has 0 radical (unpaired) electrons. The number of epoxide rings is 1. The lowest BCUT2D eigenvalue weighted by atomic mass is 10.4. The van der Waals surface area contributed by atoms with Crippen molar-refractivity contribution in [2.45, 2.75) is 25.7 Å². The van der Waals surface area contributed by atoms with E-state index >= 15 is 0 Å². The van der Waals surface area contributed by atoms with Crippen molar-refractivity contribution in [3.63, 3.8) is 0 Å². The molecule has 1 rings (SSSR count). The van der Waals surface area contributed by atoms with E-state index in [4.69, 9.17) is 4.74 Å². The van der Waals surface area contributed by atoms with Crippen LogP contribution < -0.4 is 10.6 Å². The number of ether oxygens (including phenoxy) is 1.